The highest BCUT2D eigenvalue weighted by atomic mass is 32.1. The number of nitrogens with zero attached hydrogens (tertiary/aromatic N) is 2. The molecule has 2 rings (SSSR count). The molecule has 3 nitrogen and oxygen atoms in total. The van der Waals surface area contributed by atoms with Gasteiger partial charge in [0, 0.05) is 16.7 Å². The van der Waals surface area contributed by atoms with Gasteiger partial charge in [-0.3, -0.25) is 0 Å². The summed E-state index contributed by atoms with van der Waals surface area (Å²) < 4.78 is 0. The van der Waals surface area contributed by atoms with Crippen LogP contribution < -0.4 is 0 Å². The van der Waals surface area contributed by atoms with Crippen molar-refractivity contribution >= 4 is 11.3 Å². The van der Waals surface area contributed by atoms with Crippen LogP contribution >= 0.6 is 11.3 Å². The molecule has 1 N–H and O–H groups in total. The van der Waals surface area contributed by atoms with E-state index in [4.69, 9.17) is 0 Å². The van der Waals surface area contributed by atoms with E-state index in [9.17, 15) is 5.11 Å². The molecule has 0 saturated heterocycles. The maximum atomic E-state index is 10.7. The molecule has 0 amide bonds. The normalized spacial score (nSPS) is 12.7. The van der Waals surface area contributed by atoms with Gasteiger partial charge in [-0.1, -0.05) is 52.9 Å². The van der Waals surface area contributed by atoms with Gasteiger partial charge in [-0.15, -0.1) is 10.2 Å². The van der Waals surface area contributed by atoms with Crippen molar-refractivity contribution in [2.24, 2.45) is 0 Å². The predicted octanol–water partition coefficient (Wildman–Crippen LogP) is 4.81. The van der Waals surface area contributed by atoms with Crippen LogP contribution in [0.25, 0.3) is 10.6 Å². The fourth-order valence-electron chi connectivity index (χ4n) is 2.31. The van der Waals surface area contributed by atoms with Gasteiger partial charge in [0.1, 0.15) is 15.8 Å². The Hall–Kier alpha value is -1.42. The zero-order valence-electron chi connectivity index (χ0n) is 13.9. The monoisotopic (exact) mass is 304 g/mol. The van der Waals surface area contributed by atoms with Crippen molar-refractivity contribution in [2.75, 3.05) is 0 Å². The summed E-state index contributed by atoms with van der Waals surface area (Å²) in [6.07, 6.45) is 0. The molecule has 0 aliphatic carbocycles. The van der Waals surface area contributed by atoms with E-state index in [-0.39, 0.29) is 10.8 Å². The van der Waals surface area contributed by atoms with Crippen LogP contribution in [-0.2, 0) is 10.8 Å². The number of hydrogen-bond acceptors (Lipinski definition) is 4. The lowest BCUT2D eigenvalue weighted by atomic mass is 9.78. The zero-order chi connectivity index (χ0) is 16.0. The first kappa shape index (κ1) is 16.0. The van der Waals surface area contributed by atoms with E-state index in [2.05, 4.69) is 51.7 Å². The van der Waals surface area contributed by atoms with E-state index in [1.807, 2.05) is 19.1 Å². The molecule has 0 bridgehead atoms. The first-order valence-electron chi connectivity index (χ1n) is 7.18. The van der Waals surface area contributed by atoms with Gasteiger partial charge in [0.25, 0.3) is 0 Å². The van der Waals surface area contributed by atoms with Gasteiger partial charge in [0.05, 0.1) is 0 Å². The third kappa shape index (κ3) is 3.26. The summed E-state index contributed by atoms with van der Waals surface area (Å²) in [5.74, 6) is 0.403. The minimum atomic E-state index is -0.125. The molecular formula is C17H24N2OS. The minimum Gasteiger partial charge on any atom is -0.507 e. The summed E-state index contributed by atoms with van der Waals surface area (Å²) in [5, 5.41) is 20.9. The smallest absolute Gasteiger partial charge is 0.147 e. The summed E-state index contributed by atoms with van der Waals surface area (Å²) in [5.41, 5.74) is 2.70. The van der Waals surface area contributed by atoms with E-state index in [0.717, 1.165) is 26.7 Å². The van der Waals surface area contributed by atoms with Crippen LogP contribution in [0.1, 0.15) is 57.7 Å². The predicted molar refractivity (Wildman–Crippen MR) is 89.1 cm³/mol. The number of phenolic OH excluding ortho intramolecular Hbond substituents is 1. The summed E-state index contributed by atoms with van der Waals surface area (Å²) in [6, 6.07) is 4.09. The van der Waals surface area contributed by atoms with Crippen molar-refractivity contribution in [1.82, 2.24) is 10.2 Å². The fourth-order valence-corrected chi connectivity index (χ4v) is 2.99. The topological polar surface area (TPSA) is 46.0 Å². The van der Waals surface area contributed by atoms with Gasteiger partial charge in [-0.25, -0.2) is 0 Å². The van der Waals surface area contributed by atoms with Gasteiger partial charge in [0.2, 0.25) is 0 Å². The summed E-state index contributed by atoms with van der Waals surface area (Å²) in [7, 11) is 0. The van der Waals surface area contributed by atoms with Crippen LogP contribution in [0.4, 0.5) is 0 Å². The second kappa shape index (κ2) is 5.09. The van der Waals surface area contributed by atoms with E-state index in [1.165, 1.54) is 0 Å². The molecule has 0 aliphatic rings. The van der Waals surface area contributed by atoms with Gasteiger partial charge >= 0.3 is 0 Å². The maximum Gasteiger partial charge on any atom is 0.147 e. The molecule has 0 spiro atoms. The van der Waals surface area contributed by atoms with Crippen LogP contribution in [0.2, 0.25) is 0 Å². The lowest BCUT2D eigenvalue weighted by molar-refractivity contribution is 0.423. The highest BCUT2D eigenvalue weighted by Gasteiger charge is 2.27. The maximum absolute atomic E-state index is 10.7. The lowest BCUT2D eigenvalue weighted by Gasteiger charge is -2.27. The number of aromatic nitrogens is 2. The molecule has 1 heterocycles. The van der Waals surface area contributed by atoms with Crippen molar-refractivity contribution in [3.8, 4) is 16.3 Å². The summed E-state index contributed by atoms with van der Waals surface area (Å²) in [4.78, 5) is 0. The second-order valence-electron chi connectivity index (χ2n) is 7.55. The Morgan fingerprint density at radius 1 is 0.905 bits per heavy atom. The molecule has 2 aromatic rings. The van der Waals surface area contributed by atoms with E-state index < -0.39 is 0 Å². The molecule has 0 radical (unpaired) electrons. The third-order valence-electron chi connectivity index (χ3n) is 3.50. The average Bonchev–Trinajstić information content (AvgIpc) is 2.73. The van der Waals surface area contributed by atoms with Gasteiger partial charge in [0.15, 0.2) is 0 Å². The third-order valence-corrected chi connectivity index (χ3v) is 4.39. The Labute approximate surface area is 131 Å². The minimum absolute atomic E-state index is 0.125. The van der Waals surface area contributed by atoms with Crippen molar-refractivity contribution in [3.05, 3.63) is 28.3 Å². The van der Waals surface area contributed by atoms with E-state index in [1.54, 1.807) is 11.3 Å². The first-order chi connectivity index (χ1) is 9.50. The quantitative estimate of drug-likeness (QED) is 0.822. The first-order valence-corrected chi connectivity index (χ1v) is 8.00. The van der Waals surface area contributed by atoms with Crippen molar-refractivity contribution in [3.63, 3.8) is 0 Å². The Morgan fingerprint density at radius 3 is 1.71 bits per heavy atom. The van der Waals surface area contributed by atoms with E-state index in [0.29, 0.717) is 5.75 Å². The second-order valence-corrected chi connectivity index (χ2v) is 8.73. The van der Waals surface area contributed by atoms with Gasteiger partial charge in [-0.05, 0) is 29.9 Å². The molecule has 0 aliphatic heterocycles. The Morgan fingerprint density at radius 2 is 1.38 bits per heavy atom. The van der Waals surface area contributed by atoms with Crippen molar-refractivity contribution in [1.29, 1.82) is 0 Å². The number of rotatable bonds is 1. The SMILES string of the molecule is Cc1nnc(-c2cc(C(C)(C)C)c(O)c(C(C)(C)C)c2)s1. The number of benzene rings is 1. The van der Waals surface area contributed by atoms with Crippen LogP contribution in [0.15, 0.2) is 12.1 Å². The summed E-state index contributed by atoms with van der Waals surface area (Å²) >= 11 is 1.58. The molecular weight excluding hydrogens is 280 g/mol. The highest BCUT2D eigenvalue weighted by Crippen LogP contribution is 2.42. The Balaban J connectivity index is 2.74. The number of aromatic hydroxyl groups is 1. The molecule has 1 aromatic heterocycles. The standard InChI is InChI=1S/C17H24N2OS/c1-10-18-19-15(21-10)11-8-12(16(2,3)4)14(20)13(9-11)17(5,6)7/h8-9,20H,1-7H3. The summed E-state index contributed by atoms with van der Waals surface area (Å²) in [6.45, 7) is 14.6. The molecule has 4 heteroatoms. The van der Waals surface area contributed by atoms with Gasteiger partial charge in [-0.2, -0.15) is 0 Å². The van der Waals surface area contributed by atoms with Crippen molar-refractivity contribution < 1.29 is 5.11 Å². The van der Waals surface area contributed by atoms with Gasteiger partial charge < -0.3 is 5.11 Å². The van der Waals surface area contributed by atoms with Crippen molar-refractivity contribution in [2.45, 2.75) is 59.3 Å². The van der Waals surface area contributed by atoms with Crippen LogP contribution in [0.3, 0.4) is 0 Å². The Bertz CT molecular complexity index is 625. The molecule has 0 fully saturated rings. The Kier molecular flexibility index (Phi) is 3.87. The molecule has 0 saturated carbocycles. The molecule has 0 unspecified atom stereocenters. The van der Waals surface area contributed by atoms with E-state index >= 15 is 0 Å². The molecule has 0 atom stereocenters. The molecule has 21 heavy (non-hydrogen) atoms. The molecule has 114 valence electrons. The van der Waals surface area contributed by atoms with Crippen LogP contribution in [-0.4, -0.2) is 15.3 Å². The lowest BCUT2D eigenvalue weighted by Crippen LogP contribution is -2.17. The largest absolute Gasteiger partial charge is 0.507 e. The molecule has 1 aromatic carbocycles. The van der Waals surface area contributed by atoms with Crippen LogP contribution in [0.5, 0.6) is 5.75 Å². The fraction of sp³-hybridized carbons (Fsp3) is 0.529. The number of phenols is 1. The van der Waals surface area contributed by atoms with Crippen LogP contribution in [0, 0.1) is 6.92 Å². The zero-order valence-corrected chi connectivity index (χ0v) is 14.7. The number of hydrogen-bond donors (Lipinski definition) is 1. The highest BCUT2D eigenvalue weighted by molar-refractivity contribution is 7.14. The average molecular weight is 304 g/mol. The number of aryl methyl sites for hydroxylation is 1.